The lowest BCUT2D eigenvalue weighted by molar-refractivity contribution is -0.153. The number of hydrogen-bond donors (Lipinski definition) is 6. The second-order valence-corrected chi connectivity index (χ2v) is 11.5. The first-order valence-electron chi connectivity index (χ1n) is 11.9. The van der Waals surface area contributed by atoms with Gasteiger partial charge in [-0.15, -0.1) is 0 Å². The first-order valence-corrected chi connectivity index (χ1v) is 11.9. The fourth-order valence-corrected chi connectivity index (χ4v) is 5.76. The standard InChI is InChI=1S/C26H32FN3O7/c1-25(2,3)9-29-14-8-13(27)11-6-10-7-12-18(30(4)5)21(33)17(24(28)36)23(35)26(12,37)22(34)15(10)20(32)16(11)19(14)31/h8,10,12,18,29,31-32,35,37H,6-7,9H2,1-5H3,(H2,28,36)/t10-,12-,18-,26-/m0/s1. The Morgan fingerprint density at radius 1 is 1.24 bits per heavy atom. The summed E-state index contributed by atoms with van der Waals surface area (Å²) in [6.45, 7) is 6.17. The first kappa shape index (κ1) is 26.6. The predicted octanol–water partition coefficient (Wildman–Crippen LogP) is 1.56. The molecule has 37 heavy (non-hydrogen) atoms. The molecule has 0 aliphatic heterocycles. The number of nitrogens with zero attached hydrogens (tertiary/aromatic N) is 1. The number of anilines is 1. The molecule has 11 heteroatoms. The Kier molecular flexibility index (Phi) is 6.16. The number of aromatic hydroxyl groups is 1. The molecule has 1 saturated carbocycles. The number of ketones is 2. The third kappa shape index (κ3) is 3.88. The number of fused-ring (bicyclic) bond motifs is 3. The normalized spacial score (nSPS) is 27.7. The summed E-state index contributed by atoms with van der Waals surface area (Å²) in [5.74, 6) is -8.39. The van der Waals surface area contributed by atoms with Crippen LogP contribution in [0.5, 0.6) is 5.75 Å². The number of phenols is 1. The molecule has 0 bridgehead atoms. The number of aliphatic hydroxyl groups is 3. The van der Waals surface area contributed by atoms with Gasteiger partial charge in [0, 0.05) is 29.7 Å². The number of benzene rings is 1. The summed E-state index contributed by atoms with van der Waals surface area (Å²) in [6.07, 6.45) is -0.205. The number of phenolic OH excluding ortho intramolecular Hbond substituents is 1. The van der Waals surface area contributed by atoms with Gasteiger partial charge in [-0.25, -0.2) is 4.39 Å². The largest absolute Gasteiger partial charge is 0.508 e. The van der Waals surface area contributed by atoms with E-state index in [1.807, 2.05) is 20.8 Å². The molecule has 200 valence electrons. The highest BCUT2D eigenvalue weighted by Crippen LogP contribution is 2.53. The molecule has 0 saturated heterocycles. The third-order valence-electron chi connectivity index (χ3n) is 7.48. The van der Waals surface area contributed by atoms with Crippen LogP contribution in [0.4, 0.5) is 10.1 Å². The van der Waals surface area contributed by atoms with Crippen LogP contribution >= 0.6 is 0 Å². The first-order chi connectivity index (χ1) is 17.0. The van der Waals surface area contributed by atoms with Gasteiger partial charge < -0.3 is 31.5 Å². The zero-order chi connectivity index (χ0) is 27.8. The molecule has 1 fully saturated rings. The van der Waals surface area contributed by atoms with Crippen LogP contribution < -0.4 is 11.1 Å². The molecule has 1 amide bonds. The van der Waals surface area contributed by atoms with Crippen molar-refractivity contribution in [2.45, 2.75) is 45.3 Å². The number of primary amides is 1. The van der Waals surface area contributed by atoms with Gasteiger partial charge in [0.2, 0.25) is 5.78 Å². The molecular formula is C26H32FN3O7. The Morgan fingerprint density at radius 3 is 2.41 bits per heavy atom. The van der Waals surface area contributed by atoms with Crippen molar-refractivity contribution in [1.29, 1.82) is 0 Å². The number of halogens is 1. The Balaban J connectivity index is 1.91. The maximum Gasteiger partial charge on any atom is 0.255 e. The zero-order valence-corrected chi connectivity index (χ0v) is 21.3. The smallest absolute Gasteiger partial charge is 0.255 e. The van der Waals surface area contributed by atoms with E-state index in [1.165, 1.54) is 19.0 Å². The Hall–Kier alpha value is -3.44. The van der Waals surface area contributed by atoms with Crippen LogP contribution in [0.15, 0.2) is 23.0 Å². The second-order valence-electron chi connectivity index (χ2n) is 11.5. The van der Waals surface area contributed by atoms with Gasteiger partial charge in [0.15, 0.2) is 11.4 Å². The summed E-state index contributed by atoms with van der Waals surface area (Å²) < 4.78 is 15.3. The van der Waals surface area contributed by atoms with E-state index in [4.69, 9.17) is 5.73 Å². The van der Waals surface area contributed by atoms with Gasteiger partial charge in [-0.2, -0.15) is 0 Å². The van der Waals surface area contributed by atoms with Crippen LogP contribution in [0.1, 0.15) is 38.3 Å². The van der Waals surface area contributed by atoms with Crippen molar-refractivity contribution in [3.8, 4) is 5.75 Å². The second kappa shape index (κ2) is 8.56. The summed E-state index contributed by atoms with van der Waals surface area (Å²) >= 11 is 0. The Bertz CT molecular complexity index is 1290. The number of likely N-dealkylation sites (N-methyl/N-ethyl adjacent to an activating group) is 1. The van der Waals surface area contributed by atoms with E-state index in [2.05, 4.69) is 5.32 Å². The van der Waals surface area contributed by atoms with E-state index in [9.17, 15) is 34.8 Å². The van der Waals surface area contributed by atoms with Crippen molar-refractivity contribution in [3.63, 3.8) is 0 Å². The van der Waals surface area contributed by atoms with E-state index in [1.54, 1.807) is 0 Å². The molecule has 0 radical (unpaired) electrons. The molecule has 4 rings (SSSR count). The Labute approximate surface area is 213 Å². The lowest BCUT2D eigenvalue weighted by Crippen LogP contribution is -2.65. The molecule has 0 unspecified atom stereocenters. The predicted molar refractivity (Wildman–Crippen MR) is 132 cm³/mol. The fourth-order valence-electron chi connectivity index (χ4n) is 5.76. The van der Waals surface area contributed by atoms with Crippen LogP contribution in [0.3, 0.4) is 0 Å². The molecule has 0 aromatic heterocycles. The molecule has 0 spiro atoms. The molecule has 10 nitrogen and oxygen atoms in total. The topological polar surface area (TPSA) is 173 Å². The minimum atomic E-state index is -2.74. The Morgan fingerprint density at radius 2 is 1.86 bits per heavy atom. The van der Waals surface area contributed by atoms with Gasteiger partial charge in [0.05, 0.1) is 17.3 Å². The van der Waals surface area contributed by atoms with Gasteiger partial charge in [0.25, 0.3) is 5.91 Å². The van der Waals surface area contributed by atoms with Gasteiger partial charge in [-0.3, -0.25) is 19.3 Å². The van der Waals surface area contributed by atoms with Crippen molar-refractivity contribution < 1.29 is 39.2 Å². The monoisotopic (exact) mass is 517 g/mol. The van der Waals surface area contributed by atoms with Gasteiger partial charge >= 0.3 is 0 Å². The highest BCUT2D eigenvalue weighted by Gasteiger charge is 2.64. The molecule has 4 atom stereocenters. The molecule has 0 heterocycles. The van der Waals surface area contributed by atoms with Crippen molar-refractivity contribution in [2.24, 2.45) is 23.0 Å². The number of hydrogen-bond acceptors (Lipinski definition) is 9. The average Bonchev–Trinajstić information content (AvgIpc) is 2.76. The molecule has 1 aromatic rings. The van der Waals surface area contributed by atoms with Gasteiger partial charge in [-0.1, -0.05) is 20.8 Å². The van der Waals surface area contributed by atoms with E-state index >= 15 is 4.39 Å². The van der Waals surface area contributed by atoms with Crippen molar-refractivity contribution in [3.05, 3.63) is 39.9 Å². The number of aliphatic hydroxyl groups excluding tert-OH is 2. The fraction of sp³-hybridized carbons (Fsp3) is 0.500. The van der Waals surface area contributed by atoms with Crippen LogP contribution in [0.2, 0.25) is 0 Å². The summed E-state index contributed by atoms with van der Waals surface area (Å²) in [4.78, 5) is 40.3. The highest BCUT2D eigenvalue weighted by atomic mass is 19.1. The average molecular weight is 518 g/mol. The van der Waals surface area contributed by atoms with E-state index in [-0.39, 0.29) is 40.6 Å². The minimum Gasteiger partial charge on any atom is -0.508 e. The van der Waals surface area contributed by atoms with Crippen molar-refractivity contribution in [2.75, 3.05) is 26.0 Å². The summed E-state index contributed by atoms with van der Waals surface area (Å²) in [6, 6.07) is -0.0701. The maximum atomic E-state index is 15.3. The third-order valence-corrected chi connectivity index (χ3v) is 7.48. The summed E-state index contributed by atoms with van der Waals surface area (Å²) in [7, 11) is 3.02. The lowest BCUT2D eigenvalue weighted by atomic mass is 9.57. The number of Topliss-reactive ketones (excluding diaryl/α,β-unsaturated/α-hetero) is 2. The number of nitrogens with one attached hydrogen (secondary N) is 1. The molecular weight excluding hydrogens is 485 g/mol. The van der Waals surface area contributed by atoms with Crippen LogP contribution in [-0.4, -0.2) is 75.1 Å². The summed E-state index contributed by atoms with van der Waals surface area (Å²) in [5.41, 5.74) is 0.874. The lowest BCUT2D eigenvalue weighted by Gasteiger charge is -2.50. The van der Waals surface area contributed by atoms with Gasteiger partial charge in [-0.05, 0) is 38.3 Å². The van der Waals surface area contributed by atoms with Crippen molar-refractivity contribution in [1.82, 2.24) is 4.90 Å². The van der Waals surface area contributed by atoms with Crippen LogP contribution in [0, 0.1) is 23.1 Å². The van der Waals surface area contributed by atoms with E-state index < -0.39 is 69.6 Å². The van der Waals surface area contributed by atoms with E-state index in [0.29, 0.717) is 6.54 Å². The zero-order valence-electron chi connectivity index (χ0n) is 21.3. The minimum absolute atomic E-state index is 0.00979. The quantitative estimate of drug-likeness (QED) is 0.256. The van der Waals surface area contributed by atoms with Crippen LogP contribution in [-0.2, 0) is 20.8 Å². The number of nitrogens with two attached hydrogens (primary N) is 1. The molecule has 3 aliphatic carbocycles. The summed E-state index contributed by atoms with van der Waals surface area (Å²) in [5, 5.41) is 47.5. The maximum absolute atomic E-state index is 15.3. The number of rotatable bonds is 4. The molecule has 7 N–H and O–H groups in total. The SMILES string of the molecule is CN(C)[C@@H]1C(=O)C(C(N)=O)=C(O)[C@@]2(O)C(=O)C3=C(O)c4c(O)c(NCC(C)(C)C)cc(F)c4C[C@H]3C[C@@H]12. The molecule has 3 aliphatic rings. The number of carbonyl (C=O) groups excluding carboxylic acids is 3. The van der Waals surface area contributed by atoms with Crippen LogP contribution in [0.25, 0.3) is 5.76 Å². The van der Waals surface area contributed by atoms with E-state index in [0.717, 1.165) is 6.07 Å². The molecule has 1 aromatic carbocycles. The van der Waals surface area contributed by atoms with Crippen molar-refractivity contribution >= 4 is 28.9 Å². The highest BCUT2D eigenvalue weighted by molar-refractivity contribution is 6.24. The number of amides is 1. The van der Waals surface area contributed by atoms with Gasteiger partial charge in [0.1, 0.15) is 28.7 Å². The number of carbonyl (C=O) groups is 3.